The van der Waals surface area contributed by atoms with Crippen LogP contribution in [0.5, 0.6) is 0 Å². The first-order valence-corrected chi connectivity index (χ1v) is 5.69. The maximum Gasteiger partial charge on any atom is 0.271 e. The van der Waals surface area contributed by atoms with Gasteiger partial charge in [0.25, 0.3) is 5.91 Å². The van der Waals surface area contributed by atoms with Crippen molar-refractivity contribution in [2.24, 2.45) is 0 Å². The maximum absolute atomic E-state index is 11.8. The van der Waals surface area contributed by atoms with E-state index < -0.39 is 0 Å². The zero-order valence-electron chi connectivity index (χ0n) is 7.99. The van der Waals surface area contributed by atoms with Crippen molar-refractivity contribution in [3.8, 4) is 0 Å². The van der Waals surface area contributed by atoms with Gasteiger partial charge in [-0.15, -0.1) is 0 Å². The summed E-state index contributed by atoms with van der Waals surface area (Å²) >= 11 is 1.32. The van der Waals surface area contributed by atoms with Crippen LogP contribution >= 0.6 is 11.5 Å². The van der Waals surface area contributed by atoms with E-state index in [0.29, 0.717) is 11.7 Å². The van der Waals surface area contributed by atoms with Gasteiger partial charge in [-0.3, -0.25) is 4.79 Å². The minimum absolute atomic E-state index is 0.0525. The molecule has 1 radical (unpaired) electrons. The average Bonchev–Trinajstić information content (AvgIpc) is 2.96. The van der Waals surface area contributed by atoms with Crippen LogP contribution in [-0.2, 0) is 0 Å². The molecule has 1 aliphatic carbocycles. The van der Waals surface area contributed by atoms with Crippen LogP contribution in [0.4, 0.5) is 0 Å². The summed E-state index contributed by atoms with van der Waals surface area (Å²) in [4.78, 5) is 11.8. The van der Waals surface area contributed by atoms with E-state index in [0.717, 1.165) is 22.9 Å². The highest BCUT2D eigenvalue weighted by atomic mass is 32.1. The van der Waals surface area contributed by atoms with Crippen molar-refractivity contribution in [1.82, 2.24) is 9.69 Å². The topological polar surface area (TPSA) is 42.0 Å². The highest BCUT2D eigenvalue weighted by Gasteiger charge is 2.25. The van der Waals surface area contributed by atoms with Gasteiger partial charge in [0.05, 0.1) is 4.70 Å². The molecule has 1 fully saturated rings. The molecule has 75 valence electrons. The normalized spacial score (nSPS) is 15.5. The van der Waals surface area contributed by atoms with Gasteiger partial charge in [-0.05, 0) is 24.4 Å². The number of nitrogens with zero attached hydrogens (tertiary/aromatic N) is 1. The molecule has 0 bridgehead atoms. The number of carbonyl (C=O) groups is 1. The largest absolute Gasteiger partial charge is 0.348 e. The predicted molar refractivity (Wildman–Crippen MR) is 58.9 cm³/mol. The lowest BCUT2D eigenvalue weighted by Crippen LogP contribution is -2.25. The van der Waals surface area contributed by atoms with E-state index in [-0.39, 0.29) is 5.91 Å². The average molecular weight is 217 g/mol. The molecule has 1 N–H and O–H groups in total. The van der Waals surface area contributed by atoms with Crippen molar-refractivity contribution in [2.75, 3.05) is 0 Å². The van der Waals surface area contributed by atoms with Crippen molar-refractivity contribution < 1.29 is 4.79 Å². The quantitative estimate of drug-likeness (QED) is 0.835. The van der Waals surface area contributed by atoms with Gasteiger partial charge >= 0.3 is 0 Å². The minimum atomic E-state index is -0.0525. The van der Waals surface area contributed by atoms with Crippen molar-refractivity contribution in [3.63, 3.8) is 0 Å². The molecule has 0 saturated heterocycles. The second-order valence-corrected chi connectivity index (χ2v) is 4.47. The number of carbonyl (C=O) groups excluding carboxylic acids is 1. The van der Waals surface area contributed by atoms with Gasteiger partial charge in [-0.2, -0.15) is 4.37 Å². The molecule has 3 nitrogen and oxygen atoms in total. The molecule has 3 rings (SSSR count). The van der Waals surface area contributed by atoms with E-state index in [9.17, 15) is 4.79 Å². The molecule has 4 heteroatoms. The fourth-order valence-corrected chi connectivity index (χ4v) is 2.22. The van der Waals surface area contributed by atoms with Gasteiger partial charge in [0.1, 0.15) is 5.69 Å². The second-order valence-electron chi connectivity index (χ2n) is 3.69. The molecule has 1 aliphatic rings. The summed E-state index contributed by atoms with van der Waals surface area (Å²) in [7, 11) is 0. The Morgan fingerprint density at radius 3 is 3.27 bits per heavy atom. The Bertz CT molecular complexity index is 516. The smallest absolute Gasteiger partial charge is 0.271 e. The van der Waals surface area contributed by atoms with E-state index in [2.05, 4.69) is 15.8 Å². The summed E-state index contributed by atoms with van der Waals surface area (Å²) in [6.45, 7) is 0. The number of aromatic nitrogens is 1. The van der Waals surface area contributed by atoms with E-state index in [1.165, 1.54) is 11.5 Å². The Kier molecular flexibility index (Phi) is 1.95. The first kappa shape index (κ1) is 8.85. The summed E-state index contributed by atoms with van der Waals surface area (Å²) in [6.07, 6.45) is 2.19. The Morgan fingerprint density at radius 2 is 2.47 bits per heavy atom. The highest BCUT2D eigenvalue weighted by molar-refractivity contribution is 7.13. The molecule has 1 aromatic carbocycles. The lowest BCUT2D eigenvalue weighted by atomic mass is 10.2. The second kappa shape index (κ2) is 3.31. The first-order valence-electron chi connectivity index (χ1n) is 4.91. The Labute approximate surface area is 91.3 Å². The molecule has 0 unspecified atom stereocenters. The van der Waals surface area contributed by atoms with Crippen LogP contribution in [-0.4, -0.2) is 16.3 Å². The Morgan fingerprint density at radius 1 is 1.60 bits per heavy atom. The van der Waals surface area contributed by atoms with E-state index in [1.54, 1.807) is 0 Å². The van der Waals surface area contributed by atoms with Crippen LogP contribution in [0.1, 0.15) is 23.3 Å². The zero-order valence-corrected chi connectivity index (χ0v) is 8.80. The third-order valence-corrected chi connectivity index (χ3v) is 3.22. The Balaban J connectivity index is 1.98. The Hall–Kier alpha value is -1.42. The van der Waals surface area contributed by atoms with E-state index in [4.69, 9.17) is 0 Å². The molecule has 0 atom stereocenters. The molecule has 1 amide bonds. The summed E-state index contributed by atoms with van der Waals surface area (Å²) in [5.74, 6) is -0.0525. The molecule has 15 heavy (non-hydrogen) atoms. The van der Waals surface area contributed by atoms with Gasteiger partial charge in [-0.1, -0.05) is 18.2 Å². The molecular weight excluding hydrogens is 208 g/mol. The van der Waals surface area contributed by atoms with Crippen molar-refractivity contribution in [2.45, 2.75) is 18.9 Å². The molecule has 2 aromatic rings. The predicted octanol–water partition coefficient (Wildman–Crippen LogP) is 1.99. The number of hydrogen-bond donors (Lipinski definition) is 1. The number of rotatable bonds is 2. The van der Waals surface area contributed by atoms with E-state index in [1.807, 2.05) is 18.2 Å². The van der Waals surface area contributed by atoms with Crippen molar-refractivity contribution in [3.05, 3.63) is 30.0 Å². The zero-order chi connectivity index (χ0) is 10.3. The lowest BCUT2D eigenvalue weighted by Gasteiger charge is -1.99. The summed E-state index contributed by atoms with van der Waals surface area (Å²) in [6, 6.07) is 9.08. The monoisotopic (exact) mass is 217 g/mol. The van der Waals surface area contributed by atoms with Crippen LogP contribution < -0.4 is 5.32 Å². The van der Waals surface area contributed by atoms with Crippen LogP contribution in [0.25, 0.3) is 10.1 Å². The summed E-state index contributed by atoms with van der Waals surface area (Å²) in [5, 5.41) is 3.84. The molecule has 0 spiro atoms. The van der Waals surface area contributed by atoms with Gasteiger partial charge < -0.3 is 5.32 Å². The molecule has 1 saturated carbocycles. The first-order chi connectivity index (χ1) is 7.34. The van der Waals surface area contributed by atoms with Crippen molar-refractivity contribution >= 4 is 27.5 Å². The minimum Gasteiger partial charge on any atom is -0.348 e. The molecular formula is C11H9N2OS. The maximum atomic E-state index is 11.8. The molecule has 1 heterocycles. The van der Waals surface area contributed by atoms with Crippen LogP contribution in [0.2, 0.25) is 0 Å². The van der Waals surface area contributed by atoms with Crippen LogP contribution in [0, 0.1) is 6.07 Å². The SMILES string of the molecule is O=C(NC1CC1)c1nsc2[c]cccc12. The van der Waals surface area contributed by atoms with Crippen molar-refractivity contribution in [1.29, 1.82) is 0 Å². The number of fused-ring (bicyclic) bond motifs is 1. The summed E-state index contributed by atoms with van der Waals surface area (Å²) in [5.41, 5.74) is 0.541. The third-order valence-electron chi connectivity index (χ3n) is 2.43. The number of hydrogen-bond acceptors (Lipinski definition) is 3. The number of benzene rings is 1. The number of amides is 1. The van der Waals surface area contributed by atoms with Gasteiger partial charge in [0.2, 0.25) is 0 Å². The summed E-state index contributed by atoms with van der Waals surface area (Å²) < 4.78 is 5.12. The number of nitrogens with one attached hydrogen (secondary N) is 1. The van der Waals surface area contributed by atoms with Crippen LogP contribution in [0.3, 0.4) is 0 Å². The standard InChI is InChI=1S/C11H9N2OS/c14-11(12-7-5-6-7)10-8-3-1-2-4-9(8)15-13-10/h1-3,7H,5-6H2,(H,12,14). The molecule has 1 aromatic heterocycles. The third kappa shape index (κ3) is 1.61. The van der Waals surface area contributed by atoms with Gasteiger partial charge in [0, 0.05) is 17.5 Å². The fourth-order valence-electron chi connectivity index (χ4n) is 1.47. The van der Waals surface area contributed by atoms with Gasteiger partial charge in [0.15, 0.2) is 0 Å². The fraction of sp³-hybridized carbons (Fsp3) is 0.273. The van der Waals surface area contributed by atoms with Crippen LogP contribution in [0.15, 0.2) is 18.2 Å². The van der Waals surface area contributed by atoms with E-state index >= 15 is 0 Å². The lowest BCUT2D eigenvalue weighted by molar-refractivity contribution is 0.0949. The molecule has 0 aliphatic heterocycles. The highest BCUT2D eigenvalue weighted by Crippen LogP contribution is 2.24. The van der Waals surface area contributed by atoms with Gasteiger partial charge in [-0.25, -0.2) is 0 Å².